The van der Waals surface area contributed by atoms with Gasteiger partial charge in [-0.25, -0.2) is 0 Å². The van der Waals surface area contributed by atoms with E-state index in [-0.39, 0.29) is 18.2 Å². The van der Waals surface area contributed by atoms with Crippen molar-refractivity contribution in [3.8, 4) is 5.75 Å². The summed E-state index contributed by atoms with van der Waals surface area (Å²) in [6.45, 7) is -2.52. The number of hydrogen-bond acceptors (Lipinski definition) is 4. The standard InChI is InChI=1S/C13H16F2N2O3S/c1-21(19)7-6-17-11(18)8-16-12(17)9-4-2-3-5-10(9)20-13(14)15/h2-5,12-13,16H,6-8H2,1H3. The van der Waals surface area contributed by atoms with Gasteiger partial charge in [-0.15, -0.1) is 0 Å². The largest absolute Gasteiger partial charge is 0.434 e. The van der Waals surface area contributed by atoms with Crippen LogP contribution in [0.4, 0.5) is 8.78 Å². The topological polar surface area (TPSA) is 58.6 Å². The first kappa shape index (κ1) is 15.8. The van der Waals surface area contributed by atoms with E-state index in [1.165, 1.54) is 11.0 Å². The van der Waals surface area contributed by atoms with Crippen LogP contribution in [0.2, 0.25) is 0 Å². The van der Waals surface area contributed by atoms with Gasteiger partial charge in [-0.05, 0) is 6.07 Å². The Balaban J connectivity index is 2.23. The molecule has 0 spiro atoms. The van der Waals surface area contributed by atoms with Gasteiger partial charge in [-0.1, -0.05) is 18.2 Å². The van der Waals surface area contributed by atoms with Crippen LogP contribution in [0.3, 0.4) is 0 Å². The maximum Gasteiger partial charge on any atom is 0.387 e. The molecule has 8 heteroatoms. The minimum atomic E-state index is -2.93. The number of amides is 1. The molecule has 0 aromatic heterocycles. The van der Waals surface area contributed by atoms with Crippen molar-refractivity contribution in [3.63, 3.8) is 0 Å². The molecule has 1 fully saturated rings. The summed E-state index contributed by atoms with van der Waals surface area (Å²) in [6.07, 6.45) is 1.01. The Hall–Kier alpha value is -1.54. The fourth-order valence-electron chi connectivity index (χ4n) is 2.21. The minimum Gasteiger partial charge on any atom is -0.434 e. The van der Waals surface area contributed by atoms with Crippen molar-refractivity contribution < 1.29 is 22.5 Å². The Kier molecular flexibility index (Phi) is 5.24. The second-order valence-corrected chi connectivity index (χ2v) is 6.12. The fourth-order valence-corrected chi connectivity index (χ4v) is 2.66. The number of para-hydroxylation sites is 1. The highest BCUT2D eigenvalue weighted by Crippen LogP contribution is 2.30. The molecular formula is C13H16F2N2O3S. The monoisotopic (exact) mass is 318 g/mol. The maximum absolute atomic E-state index is 12.5. The number of halogens is 2. The normalized spacial score (nSPS) is 20.1. The number of carbonyl (C=O) groups is 1. The lowest BCUT2D eigenvalue weighted by Gasteiger charge is -2.25. The Morgan fingerprint density at radius 2 is 2.19 bits per heavy atom. The van der Waals surface area contributed by atoms with E-state index in [9.17, 15) is 17.8 Å². The van der Waals surface area contributed by atoms with Crippen molar-refractivity contribution in [1.82, 2.24) is 10.2 Å². The highest BCUT2D eigenvalue weighted by molar-refractivity contribution is 7.84. The van der Waals surface area contributed by atoms with Crippen LogP contribution >= 0.6 is 0 Å². The van der Waals surface area contributed by atoms with E-state index in [0.29, 0.717) is 17.9 Å². The van der Waals surface area contributed by atoms with Gasteiger partial charge in [0.25, 0.3) is 0 Å². The molecule has 1 saturated heterocycles. The highest BCUT2D eigenvalue weighted by atomic mass is 32.2. The summed E-state index contributed by atoms with van der Waals surface area (Å²) in [7, 11) is -1.04. The quantitative estimate of drug-likeness (QED) is 0.853. The van der Waals surface area contributed by atoms with Crippen LogP contribution in [0, 0.1) is 0 Å². The fraction of sp³-hybridized carbons (Fsp3) is 0.462. The molecule has 5 nitrogen and oxygen atoms in total. The lowest BCUT2D eigenvalue weighted by atomic mass is 10.1. The van der Waals surface area contributed by atoms with Crippen LogP contribution in [-0.2, 0) is 15.6 Å². The smallest absolute Gasteiger partial charge is 0.387 e. The van der Waals surface area contributed by atoms with Crippen LogP contribution in [0.15, 0.2) is 24.3 Å². The number of nitrogens with one attached hydrogen (secondary N) is 1. The number of hydrogen-bond donors (Lipinski definition) is 1. The van der Waals surface area contributed by atoms with Crippen LogP contribution in [-0.4, -0.2) is 46.7 Å². The molecule has 1 aliphatic rings. The summed E-state index contributed by atoms with van der Waals surface area (Å²) in [5, 5.41) is 2.96. The van der Waals surface area contributed by atoms with E-state index in [1.54, 1.807) is 24.5 Å². The van der Waals surface area contributed by atoms with Crippen molar-refractivity contribution in [2.24, 2.45) is 0 Å². The van der Waals surface area contributed by atoms with Gasteiger partial charge in [0.15, 0.2) is 0 Å². The van der Waals surface area contributed by atoms with Gasteiger partial charge in [0.1, 0.15) is 11.9 Å². The van der Waals surface area contributed by atoms with E-state index in [4.69, 9.17) is 0 Å². The Morgan fingerprint density at radius 1 is 1.48 bits per heavy atom. The third kappa shape index (κ3) is 3.98. The Morgan fingerprint density at radius 3 is 2.86 bits per heavy atom. The summed E-state index contributed by atoms with van der Waals surface area (Å²) in [5.41, 5.74) is 0.463. The Labute approximate surface area is 123 Å². The van der Waals surface area contributed by atoms with E-state index >= 15 is 0 Å². The van der Waals surface area contributed by atoms with Gasteiger partial charge in [-0.3, -0.25) is 14.3 Å². The predicted octanol–water partition coefficient (Wildman–Crippen LogP) is 1.10. The molecule has 116 valence electrons. The van der Waals surface area contributed by atoms with Crippen LogP contribution in [0.1, 0.15) is 11.7 Å². The first-order valence-electron chi connectivity index (χ1n) is 6.35. The van der Waals surface area contributed by atoms with Gasteiger partial charge < -0.3 is 9.64 Å². The molecular weight excluding hydrogens is 302 g/mol. The molecule has 1 aromatic rings. The van der Waals surface area contributed by atoms with Crippen LogP contribution in [0.25, 0.3) is 0 Å². The van der Waals surface area contributed by atoms with Gasteiger partial charge in [0.2, 0.25) is 5.91 Å². The number of benzene rings is 1. The van der Waals surface area contributed by atoms with Gasteiger partial charge in [0, 0.05) is 34.9 Å². The molecule has 1 aliphatic heterocycles. The zero-order valence-corrected chi connectivity index (χ0v) is 12.2. The molecule has 0 radical (unpaired) electrons. The molecule has 0 bridgehead atoms. The number of alkyl halides is 2. The van der Waals surface area contributed by atoms with Crippen molar-refractivity contribution in [2.75, 3.05) is 25.1 Å². The van der Waals surface area contributed by atoms with Crippen molar-refractivity contribution in [3.05, 3.63) is 29.8 Å². The summed E-state index contributed by atoms with van der Waals surface area (Å²) in [5.74, 6) is 0.210. The SMILES string of the molecule is CS(=O)CCN1C(=O)CNC1c1ccccc1OC(F)F. The number of carbonyl (C=O) groups excluding carboxylic acids is 1. The molecule has 1 heterocycles. The van der Waals surface area contributed by atoms with E-state index in [1.807, 2.05) is 0 Å². The number of rotatable bonds is 6. The van der Waals surface area contributed by atoms with Crippen molar-refractivity contribution >= 4 is 16.7 Å². The summed E-state index contributed by atoms with van der Waals surface area (Å²) < 4.78 is 40.6. The molecule has 21 heavy (non-hydrogen) atoms. The van der Waals surface area contributed by atoms with Crippen molar-refractivity contribution in [2.45, 2.75) is 12.8 Å². The first-order valence-corrected chi connectivity index (χ1v) is 8.08. The average molecular weight is 318 g/mol. The summed E-state index contributed by atoms with van der Waals surface area (Å²) >= 11 is 0. The second kappa shape index (κ2) is 6.95. The van der Waals surface area contributed by atoms with E-state index in [2.05, 4.69) is 10.1 Å². The number of nitrogens with zero attached hydrogens (tertiary/aromatic N) is 1. The average Bonchev–Trinajstić information content (AvgIpc) is 2.77. The van der Waals surface area contributed by atoms with Crippen LogP contribution < -0.4 is 10.1 Å². The molecule has 2 atom stereocenters. The zero-order valence-electron chi connectivity index (χ0n) is 11.4. The minimum absolute atomic E-state index is 0.0299. The summed E-state index contributed by atoms with van der Waals surface area (Å²) in [4.78, 5) is 13.4. The second-order valence-electron chi connectivity index (χ2n) is 4.56. The lowest BCUT2D eigenvalue weighted by Crippen LogP contribution is -2.33. The van der Waals surface area contributed by atoms with Crippen LogP contribution in [0.5, 0.6) is 5.75 Å². The van der Waals surface area contributed by atoms with Crippen molar-refractivity contribution in [1.29, 1.82) is 0 Å². The molecule has 1 amide bonds. The molecule has 1 N–H and O–H groups in total. The first-order chi connectivity index (χ1) is 9.99. The van der Waals surface area contributed by atoms with Gasteiger partial charge in [-0.2, -0.15) is 8.78 Å². The lowest BCUT2D eigenvalue weighted by molar-refractivity contribution is -0.127. The van der Waals surface area contributed by atoms with Gasteiger partial charge in [0.05, 0.1) is 6.54 Å². The molecule has 0 aliphatic carbocycles. The molecule has 2 rings (SSSR count). The van der Waals surface area contributed by atoms with Gasteiger partial charge >= 0.3 is 6.61 Å². The predicted molar refractivity (Wildman–Crippen MR) is 74.5 cm³/mol. The third-order valence-corrected chi connectivity index (χ3v) is 3.89. The molecule has 1 aromatic carbocycles. The summed E-state index contributed by atoms with van der Waals surface area (Å²) in [6, 6.07) is 6.34. The molecule has 2 unspecified atom stereocenters. The Bertz CT molecular complexity index is 542. The zero-order chi connectivity index (χ0) is 15.4. The maximum atomic E-state index is 12.5. The van der Waals surface area contributed by atoms with E-state index < -0.39 is 23.6 Å². The van der Waals surface area contributed by atoms with E-state index in [0.717, 1.165) is 0 Å². The third-order valence-electron chi connectivity index (χ3n) is 3.13. The highest BCUT2D eigenvalue weighted by Gasteiger charge is 2.33. The number of ether oxygens (including phenoxy) is 1. The molecule has 0 saturated carbocycles.